The molecule has 0 saturated heterocycles. The maximum Gasteiger partial charge on any atom is 0.306 e. The monoisotopic (exact) mass is 480 g/mol. The highest BCUT2D eigenvalue weighted by molar-refractivity contribution is 7.20. The second-order valence-corrected chi connectivity index (χ2v) is 9.70. The Morgan fingerprint density at radius 1 is 0.941 bits per heavy atom. The van der Waals surface area contributed by atoms with Crippen LogP contribution in [0.1, 0.15) is 51.3 Å². The maximum absolute atomic E-state index is 12.4. The second-order valence-electron chi connectivity index (χ2n) is 8.62. The number of carbonyl (C=O) groups excluding carboxylic acids is 2. The van der Waals surface area contributed by atoms with Crippen LogP contribution in [0.2, 0.25) is 0 Å². The summed E-state index contributed by atoms with van der Waals surface area (Å²) < 4.78 is 7.02. The van der Waals surface area contributed by atoms with Crippen LogP contribution in [0, 0.1) is 12.8 Å². The lowest BCUT2D eigenvalue weighted by Gasteiger charge is -2.26. The zero-order valence-corrected chi connectivity index (χ0v) is 19.8. The third kappa shape index (κ3) is 5.94. The van der Waals surface area contributed by atoms with Crippen LogP contribution in [-0.2, 0) is 4.79 Å². The third-order valence-electron chi connectivity index (χ3n) is 6.04. The molecular formula is C26H28N2O5S. The number of benzene rings is 2. The fourth-order valence-electron chi connectivity index (χ4n) is 4.10. The summed E-state index contributed by atoms with van der Waals surface area (Å²) in [5.74, 6) is -0.707. The smallest absolute Gasteiger partial charge is 0.306 e. The first kappa shape index (κ1) is 23.8. The zero-order chi connectivity index (χ0) is 24.1. The normalized spacial score (nSPS) is 17.8. The molecule has 0 atom stereocenters. The number of hydrogen-bond acceptors (Lipinski definition) is 5. The van der Waals surface area contributed by atoms with Gasteiger partial charge in [0.05, 0.1) is 16.9 Å². The molecule has 7 nitrogen and oxygen atoms in total. The Bertz CT molecular complexity index is 1180. The number of fused-ring (bicyclic) bond motifs is 1. The molecule has 4 rings (SSSR count). The SMILES string of the molecule is Cc1ccc2cc(C(=O)NCCNC(=O)c3ccc(OC4CCC(C(=O)O)CC4)cc3)sc2c1. The van der Waals surface area contributed by atoms with Crippen LogP contribution < -0.4 is 15.4 Å². The van der Waals surface area contributed by atoms with Crippen LogP contribution >= 0.6 is 11.3 Å². The number of thiophene rings is 1. The highest BCUT2D eigenvalue weighted by atomic mass is 32.1. The van der Waals surface area contributed by atoms with Crippen LogP contribution in [-0.4, -0.2) is 42.1 Å². The van der Waals surface area contributed by atoms with Gasteiger partial charge < -0.3 is 20.5 Å². The van der Waals surface area contributed by atoms with Crippen molar-refractivity contribution in [3.8, 4) is 5.75 Å². The standard InChI is InChI=1S/C26H28N2O5S/c1-16-2-3-19-15-23(34-22(19)14-16)25(30)28-13-12-27-24(29)17-4-8-20(9-5-17)33-21-10-6-18(7-11-21)26(31)32/h2-5,8-9,14-15,18,21H,6-7,10-13H2,1H3,(H,27,29)(H,28,30)(H,31,32). The predicted octanol–water partition coefficient (Wildman–Crippen LogP) is 4.39. The molecule has 1 aliphatic rings. The van der Waals surface area contributed by atoms with Crippen LogP contribution in [0.4, 0.5) is 0 Å². The van der Waals surface area contributed by atoms with Crippen molar-refractivity contribution in [2.24, 2.45) is 5.92 Å². The van der Waals surface area contributed by atoms with E-state index in [4.69, 9.17) is 9.84 Å². The molecule has 0 bridgehead atoms. The molecule has 34 heavy (non-hydrogen) atoms. The average Bonchev–Trinajstić information content (AvgIpc) is 3.26. The van der Waals surface area contributed by atoms with Crippen molar-refractivity contribution in [3.63, 3.8) is 0 Å². The van der Waals surface area contributed by atoms with Crippen molar-refractivity contribution < 1.29 is 24.2 Å². The average molecular weight is 481 g/mol. The number of nitrogens with one attached hydrogen (secondary N) is 2. The first-order chi connectivity index (χ1) is 16.4. The summed E-state index contributed by atoms with van der Waals surface area (Å²) in [7, 11) is 0. The Balaban J connectivity index is 1.19. The summed E-state index contributed by atoms with van der Waals surface area (Å²) in [6, 6.07) is 14.9. The van der Waals surface area contributed by atoms with Crippen LogP contribution in [0.5, 0.6) is 5.75 Å². The molecule has 0 unspecified atom stereocenters. The molecule has 1 aliphatic carbocycles. The van der Waals surface area contributed by atoms with E-state index in [0.29, 0.717) is 55.0 Å². The van der Waals surface area contributed by atoms with Gasteiger partial charge in [-0.3, -0.25) is 14.4 Å². The molecule has 3 N–H and O–H groups in total. The molecule has 0 radical (unpaired) electrons. The van der Waals surface area contributed by atoms with Crippen LogP contribution in [0.25, 0.3) is 10.1 Å². The van der Waals surface area contributed by atoms with Crippen molar-refractivity contribution in [2.75, 3.05) is 13.1 Å². The Hall–Kier alpha value is -3.39. The molecule has 3 aromatic rings. The topological polar surface area (TPSA) is 105 Å². The highest BCUT2D eigenvalue weighted by Gasteiger charge is 2.26. The van der Waals surface area contributed by atoms with Gasteiger partial charge in [0.2, 0.25) is 0 Å². The number of rotatable bonds is 8. The maximum atomic E-state index is 12.4. The molecular weight excluding hydrogens is 452 g/mol. The first-order valence-electron chi connectivity index (χ1n) is 11.4. The molecule has 178 valence electrons. The Labute approximate surface area is 202 Å². The van der Waals surface area contributed by atoms with E-state index >= 15 is 0 Å². The zero-order valence-electron chi connectivity index (χ0n) is 19.0. The molecule has 1 fully saturated rings. The van der Waals surface area contributed by atoms with E-state index in [-0.39, 0.29) is 23.8 Å². The van der Waals surface area contributed by atoms with E-state index in [0.717, 1.165) is 15.6 Å². The van der Waals surface area contributed by atoms with Gasteiger partial charge in [0.25, 0.3) is 11.8 Å². The van der Waals surface area contributed by atoms with Crippen molar-refractivity contribution in [3.05, 3.63) is 64.5 Å². The third-order valence-corrected chi connectivity index (χ3v) is 7.13. The van der Waals surface area contributed by atoms with E-state index in [1.807, 2.05) is 25.1 Å². The Morgan fingerprint density at radius 3 is 2.29 bits per heavy atom. The number of hydrogen-bond donors (Lipinski definition) is 3. The van der Waals surface area contributed by atoms with E-state index in [9.17, 15) is 14.4 Å². The van der Waals surface area contributed by atoms with Gasteiger partial charge in [0.1, 0.15) is 5.75 Å². The van der Waals surface area contributed by atoms with Gasteiger partial charge in [0.15, 0.2) is 0 Å². The Morgan fingerprint density at radius 2 is 1.62 bits per heavy atom. The number of ether oxygens (including phenoxy) is 1. The lowest BCUT2D eigenvalue weighted by Crippen LogP contribution is -2.34. The van der Waals surface area contributed by atoms with Gasteiger partial charge in [-0.2, -0.15) is 0 Å². The summed E-state index contributed by atoms with van der Waals surface area (Å²) in [5, 5.41) is 15.8. The number of aliphatic carboxylic acids is 1. The minimum absolute atomic E-state index is 0.00356. The predicted molar refractivity (Wildman–Crippen MR) is 132 cm³/mol. The molecule has 1 saturated carbocycles. The Kier molecular flexibility index (Phi) is 7.47. The number of carboxylic acid groups (broad SMARTS) is 1. The fraction of sp³-hybridized carbons (Fsp3) is 0.346. The summed E-state index contributed by atoms with van der Waals surface area (Å²) in [5.41, 5.74) is 1.67. The number of carbonyl (C=O) groups is 3. The van der Waals surface area contributed by atoms with Crippen LogP contribution in [0.15, 0.2) is 48.5 Å². The van der Waals surface area contributed by atoms with Crippen molar-refractivity contribution in [1.29, 1.82) is 0 Å². The summed E-state index contributed by atoms with van der Waals surface area (Å²) in [4.78, 5) is 36.5. The fourth-order valence-corrected chi connectivity index (χ4v) is 5.17. The summed E-state index contributed by atoms with van der Waals surface area (Å²) >= 11 is 1.46. The van der Waals surface area contributed by atoms with Crippen molar-refractivity contribution in [1.82, 2.24) is 10.6 Å². The molecule has 0 aliphatic heterocycles. The lowest BCUT2D eigenvalue weighted by molar-refractivity contribution is -0.143. The van der Waals surface area contributed by atoms with Gasteiger partial charge >= 0.3 is 5.97 Å². The van der Waals surface area contributed by atoms with E-state index in [2.05, 4.69) is 16.7 Å². The van der Waals surface area contributed by atoms with E-state index in [1.165, 1.54) is 11.3 Å². The number of carboxylic acids is 1. The van der Waals surface area contributed by atoms with Crippen molar-refractivity contribution in [2.45, 2.75) is 38.7 Å². The first-order valence-corrected chi connectivity index (χ1v) is 12.3. The summed E-state index contributed by atoms with van der Waals surface area (Å²) in [6.07, 6.45) is 2.68. The van der Waals surface area contributed by atoms with Gasteiger partial charge in [0, 0.05) is 23.4 Å². The molecule has 2 aromatic carbocycles. The van der Waals surface area contributed by atoms with Gasteiger partial charge in [-0.15, -0.1) is 11.3 Å². The summed E-state index contributed by atoms with van der Waals surface area (Å²) in [6.45, 7) is 2.68. The van der Waals surface area contributed by atoms with Gasteiger partial charge in [-0.05, 0) is 80.0 Å². The van der Waals surface area contributed by atoms with E-state index < -0.39 is 5.97 Å². The largest absolute Gasteiger partial charge is 0.490 e. The molecule has 2 amide bonds. The molecule has 8 heteroatoms. The molecule has 1 aromatic heterocycles. The molecule has 1 heterocycles. The van der Waals surface area contributed by atoms with Gasteiger partial charge in [-0.1, -0.05) is 12.1 Å². The lowest BCUT2D eigenvalue weighted by atomic mass is 9.87. The van der Waals surface area contributed by atoms with E-state index in [1.54, 1.807) is 24.3 Å². The highest BCUT2D eigenvalue weighted by Crippen LogP contribution is 2.28. The number of aryl methyl sites for hydroxylation is 1. The van der Waals surface area contributed by atoms with Crippen LogP contribution in [0.3, 0.4) is 0 Å². The molecule has 0 spiro atoms. The minimum Gasteiger partial charge on any atom is -0.490 e. The number of amides is 2. The van der Waals surface area contributed by atoms with Gasteiger partial charge in [-0.25, -0.2) is 0 Å². The second kappa shape index (κ2) is 10.7. The van der Waals surface area contributed by atoms with Crippen molar-refractivity contribution >= 4 is 39.2 Å². The minimum atomic E-state index is -0.733. The quantitative estimate of drug-likeness (QED) is 0.415.